The molecule has 2 aromatic rings. The lowest BCUT2D eigenvalue weighted by atomic mass is 10.1. The maximum atomic E-state index is 12.2. The Kier molecular flexibility index (Phi) is 3.62. The summed E-state index contributed by atoms with van der Waals surface area (Å²) in [4.78, 5) is 13.7. The summed E-state index contributed by atoms with van der Waals surface area (Å²) >= 11 is 5.79. The number of phenols is 1. The summed E-state index contributed by atoms with van der Waals surface area (Å²) in [6.07, 6.45) is 0. The lowest BCUT2D eigenvalue weighted by Gasteiger charge is -2.17. The van der Waals surface area contributed by atoms with Gasteiger partial charge < -0.3 is 15.7 Å². The molecule has 0 aliphatic rings. The zero-order valence-corrected chi connectivity index (χ0v) is 11.1. The molecule has 0 heterocycles. The average Bonchev–Trinajstić information content (AvgIpc) is 2.41. The number of anilines is 2. The maximum absolute atomic E-state index is 12.2. The Balaban J connectivity index is 2.28. The first-order valence-electron chi connectivity index (χ1n) is 5.61. The summed E-state index contributed by atoms with van der Waals surface area (Å²) in [7, 11) is 1.66. The number of hydrogen-bond donors (Lipinski definition) is 2. The molecule has 0 radical (unpaired) electrons. The number of nitrogens with zero attached hydrogens (tertiary/aromatic N) is 1. The highest BCUT2D eigenvalue weighted by Crippen LogP contribution is 2.25. The Morgan fingerprint density at radius 2 is 1.84 bits per heavy atom. The molecular formula is C14H13ClN2O2. The van der Waals surface area contributed by atoms with Gasteiger partial charge in [0.1, 0.15) is 5.75 Å². The van der Waals surface area contributed by atoms with Crippen molar-refractivity contribution in [3.63, 3.8) is 0 Å². The van der Waals surface area contributed by atoms with Crippen molar-refractivity contribution in [2.45, 2.75) is 0 Å². The lowest BCUT2D eigenvalue weighted by molar-refractivity contribution is 0.0993. The first-order chi connectivity index (χ1) is 8.99. The molecule has 5 heteroatoms. The number of halogens is 1. The number of hydrogen-bond acceptors (Lipinski definition) is 3. The molecule has 0 saturated heterocycles. The number of phenolic OH excluding ortho intramolecular Hbond substituents is 1. The largest absolute Gasteiger partial charge is 0.506 e. The van der Waals surface area contributed by atoms with E-state index in [1.807, 2.05) is 0 Å². The highest BCUT2D eigenvalue weighted by Gasteiger charge is 2.14. The van der Waals surface area contributed by atoms with Crippen LogP contribution in [0.2, 0.25) is 5.02 Å². The van der Waals surface area contributed by atoms with Crippen molar-refractivity contribution < 1.29 is 9.90 Å². The van der Waals surface area contributed by atoms with E-state index in [1.54, 1.807) is 31.3 Å². The molecule has 0 unspecified atom stereocenters. The van der Waals surface area contributed by atoms with E-state index in [0.29, 0.717) is 11.3 Å². The van der Waals surface area contributed by atoms with Crippen LogP contribution >= 0.6 is 11.6 Å². The first-order valence-corrected chi connectivity index (χ1v) is 5.99. The van der Waals surface area contributed by atoms with Gasteiger partial charge in [0, 0.05) is 24.0 Å². The number of amides is 1. The summed E-state index contributed by atoms with van der Waals surface area (Å²) in [6.45, 7) is 0. The van der Waals surface area contributed by atoms with E-state index in [2.05, 4.69) is 0 Å². The Morgan fingerprint density at radius 3 is 2.42 bits per heavy atom. The van der Waals surface area contributed by atoms with Crippen molar-refractivity contribution >= 4 is 28.9 Å². The molecule has 19 heavy (non-hydrogen) atoms. The van der Waals surface area contributed by atoms with Crippen molar-refractivity contribution in [1.29, 1.82) is 0 Å². The minimum absolute atomic E-state index is 0.0478. The molecule has 0 spiro atoms. The highest BCUT2D eigenvalue weighted by atomic mass is 35.5. The Labute approximate surface area is 116 Å². The molecule has 0 bridgehead atoms. The van der Waals surface area contributed by atoms with Crippen LogP contribution in [0.4, 0.5) is 11.4 Å². The number of nitrogens with two attached hydrogens (primary N) is 1. The normalized spacial score (nSPS) is 10.2. The first kappa shape index (κ1) is 13.2. The number of benzene rings is 2. The van der Waals surface area contributed by atoms with Gasteiger partial charge in [0.2, 0.25) is 0 Å². The van der Waals surface area contributed by atoms with Gasteiger partial charge in [0.25, 0.3) is 5.91 Å². The van der Waals surface area contributed by atoms with Crippen molar-refractivity contribution in [3.8, 4) is 5.75 Å². The number of carbonyl (C=O) groups excluding carboxylic acids is 1. The minimum atomic E-state index is -0.216. The second kappa shape index (κ2) is 5.20. The van der Waals surface area contributed by atoms with Crippen molar-refractivity contribution in [3.05, 3.63) is 53.1 Å². The van der Waals surface area contributed by atoms with Gasteiger partial charge in [-0.15, -0.1) is 0 Å². The zero-order chi connectivity index (χ0) is 14.0. The second-order valence-electron chi connectivity index (χ2n) is 4.12. The standard InChI is InChI=1S/C14H13ClN2O2/c1-17(11-5-3-10(16)4-6-11)14(19)9-2-7-13(18)12(15)8-9/h2-8,18H,16H2,1H3. The topological polar surface area (TPSA) is 66.6 Å². The van der Waals surface area contributed by atoms with Gasteiger partial charge in [-0.3, -0.25) is 4.79 Å². The average molecular weight is 277 g/mol. The molecule has 98 valence electrons. The summed E-state index contributed by atoms with van der Waals surface area (Å²) < 4.78 is 0. The van der Waals surface area contributed by atoms with Crippen LogP contribution in [0.3, 0.4) is 0 Å². The van der Waals surface area contributed by atoms with E-state index in [0.717, 1.165) is 5.69 Å². The third-order valence-corrected chi connectivity index (χ3v) is 3.08. The Hall–Kier alpha value is -2.20. The van der Waals surface area contributed by atoms with Crippen LogP contribution in [0.5, 0.6) is 5.75 Å². The SMILES string of the molecule is CN(C(=O)c1ccc(O)c(Cl)c1)c1ccc(N)cc1. The maximum Gasteiger partial charge on any atom is 0.258 e. The molecule has 0 saturated carbocycles. The third-order valence-electron chi connectivity index (χ3n) is 2.78. The van der Waals surface area contributed by atoms with Gasteiger partial charge in [0.05, 0.1) is 5.02 Å². The fraction of sp³-hybridized carbons (Fsp3) is 0.0714. The summed E-state index contributed by atoms with van der Waals surface area (Å²) in [5.41, 5.74) is 7.37. The van der Waals surface area contributed by atoms with Gasteiger partial charge in [-0.25, -0.2) is 0 Å². The lowest BCUT2D eigenvalue weighted by Crippen LogP contribution is -2.26. The number of aromatic hydroxyl groups is 1. The van der Waals surface area contributed by atoms with E-state index < -0.39 is 0 Å². The molecule has 2 rings (SSSR count). The fourth-order valence-corrected chi connectivity index (χ4v) is 1.83. The van der Waals surface area contributed by atoms with E-state index >= 15 is 0 Å². The van der Waals surface area contributed by atoms with Gasteiger partial charge in [-0.05, 0) is 42.5 Å². The van der Waals surface area contributed by atoms with Gasteiger partial charge in [-0.1, -0.05) is 11.6 Å². The van der Waals surface area contributed by atoms with Crippen LogP contribution in [0.1, 0.15) is 10.4 Å². The summed E-state index contributed by atoms with van der Waals surface area (Å²) in [5, 5.41) is 9.49. The molecule has 0 fully saturated rings. The Morgan fingerprint density at radius 1 is 1.21 bits per heavy atom. The van der Waals surface area contributed by atoms with Crippen LogP contribution in [0.25, 0.3) is 0 Å². The fourth-order valence-electron chi connectivity index (χ4n) is 1.65. The molecule has 0 aliphatic carbocycles. The number of carbonyl (C=O) groups is 1. The molecular weight excluding hydrogens is 264 g/mol. The van der Waals surface area contributed by atoms with E-state index in [-0.39, 0.29) is 16.7 Å². The molecule has 0 aromatic heterocycles. The van der Waals surface area contributed by atoms with Gasteiger partial charge >= 0.3 is 0 Å². The van der Waals surface area contributed by atoms with Crippen molar-refractivity contribution in [2.24, 2.45) is 0 Å². The van der Waals surface area contributed by atoms with Crippen LogP contribution in [0.15, 0.2) is 42.5 Å². The van der Waals surface area contributed by atoms with Gasteiger partial charge in [-0.2, -0.15) is 0 Å². The summed E-state index contributed by atoms with van der Waals surface area (Å²) in [5.74, 6) is -0.264. The molecule has 4 nitrogen and oxygen atoms in total. The number of nitrogen functional groups attached to an aromatic ring is 1. The van der Waals surface area contributed by atoms with Crippen LogP contribution < -0.4 is 10.6 Å². The van der Waals surface area contributed by atoms with Gasteiger partial charge in [0.15, 0.2) is 0 Å². The van der Waals surface area contributed by atoms with Crippen molar-refractivity contribution in [1.82, 2.24) is 0 Å². The third kappa shape index (κ3) is 2.80. The van der Waals surface area contributed by atoms with E-state index in [1.165, 1.54) is 23.1 Å². The second-order valence-corrected chi connectivity index (χ2v) is 4.53. The molecule has 1 amide bonds. The predicted molar refractivity (Wildman–Crippen MR) is 76.7 cm³/mol. The van der Waals surface area contributed by atoms with Crippen LogP contribution in [-0.4, -0.2) is 18.1 Å². The Bertz CT molecular complexity index is 611. The predicted octanol–water partition coefficient (Wildman–Crippen LogP) is 2.90. The number of rotatable bonds is 2. The van der Waals surface area contributed by atoms with Crippen molar-refractivity contribution in [2.75, 3.05) is 17.7 Å². The van der Waals surface area contributed by atoms with E-state index in [9.17, 15) is 9.90 Å². The van der Waals surface area contributed by atoms with Crippen LogP contribution in [-0.2, 0) is 0 Å². The molecule has 2 aromatic carbocycles. The smallest absolute Gasteiger partial charge is 0.258 e. The molecule has 0 aliphatic heterocycles. The van der Waals surface area contributed by atoms with Crippen LogP contribution in [0, 0.1) is 0 Å². The van der Waals surface area contributed by atoms with E-state index in [4.69, 9.17) is 17.3 Å². The minimum Gasteiger partial charge on any atom is -0.506 e. The molecule has 0 atom stereocenters. The summed E-state index contributed by atoms with van der Waals surface area (Å²) in [6, 6.07) is 11.3. The molecule has 3 N–H and O–H groups in total. The highest BCUT2D eigenvalue weighted by molar-refractivity contribution is 6.32. The zero-order valence-electron chi connectivity index (χ0n) is 10.3. The monoisotopic (exact) mass is 276 g/mol. The quantitative estimate of drug-likeness (QED) is 0.829.